The van der Waals surface area contributed by atoms with E-state index in [9.17, 15) is 8.42 Å². The Morgan fingerprint density at radius 3 is 2.37 bits per heavy atom. The maximum atomic E-state index is 11.9. The van der Waals surface area contributed by atoms with Crippen molar-refractivity contribution in [1.29, 1.82) is 0 Å². The minimum absolute atomic E-state index is 0.0441. The van der Waals surface area contributed by atoms with E-state index in [0.717, 1.165) is 19.3 Å². The van der Waals surface area contributed by atoms with Gasteiger partial charge in [-0.2, -0.15) is 8.42 Å². The third-order valence-corrected chi connectivity index (χ3v) is 4.66. The molecule has 1 aromatic carbocycles. The Morgan fingerprint density at radius 2 is 1.68 bits per heavy atom. The Balaban J connectivity index is 2.34. The van der Waals surface area contributed by atoms with Gasteiger partial charge in [0.1, 0.15) is 4.90 Å². The van der Waals surface area contributed by atoms with Crippen molar-refractivity contribution in [2.45, 2.75) is 50.3 Å². The van der Waals surface area contributed by atoms with Gasteiger partial charge in [-0.1, -0.05) is 62.8 Å². The molecule has 0 saturated heterocycles. The third kappa shape index (κ3) is 5.93. The number of hydrogen-bond acceptors (Lipinski definition) is 3. The van der Waals surface area contributed by atoms with Crippen LogP contribution in [0.4, 0.5) is 0 Å². The van der Waals surface area contributed by atoms with Crippen LogP contribution in [0.15, 0.2) is 29.2 Å². The molecule has 19 heavy (non-hydrogen) atoms. The highest BCUT2D eigenvalue weighted by atomic mass is 35.5. The first-order valence-electron chi connectivity index (χ1n) is 6.72. The molecule has 0 aliphatic heterocycles. The van der Waals surface area contributed by atoms with E-state index >= 15 is 0 Å². The molecule has 1 aromatic rings. The lowest BCUT2D eigenvalue weighted by Crippen LogP contribution is -2.08. The molecule has 5 heteroatoms. The minimum Gasteiger partial charge on any atom is -0.266 e. The molecule has 0 spiro atoms. The molecular weight excluding hydrogens is 284 g/mol. The molecule has 0 atom stereocenters. The highest BCUT2D eigenvalue weighted by molar-refractivity contribution is 7.86. The van der Waals surface area contributed by atoms with E-state index in [-0.39, 0.29) is 16.5 Å². The van der Waals surface area contributed by atoms with Gasteiger partial charge in [0, 0.05) is 0 Å². The standard InChI is InChI=1S/C14H21ClO3S/c1-2-3-4-5-6-9-12-18-19(16,17)14-11-8-7-10-13(14)15/h7-8,10-11H,2-6,9,12H2,1H3. The van der Waals surface area contributed by atoms with Crippen molar-refractivity contribution in [2.24, 2.45) is 0 Å². The first kappa shape index (κ1) is 16.5. The zero-order chi connectivity index (χ0) is 14.1. The molecule has 1 rings (SSSR count). The van der Waals surface area contributed by atoms with E-state index in [1.165, 1.54) is 25.3 Å². The van der Waals surface area contributed by atoms with Crippen LogP contribution in [0, 0.1) is 0 Å². The van der Waals surface area contributed by atoms with E-state index in [1.54, 1.807) is 18.2 Å². The molecule has 0 heterocycles. The molecule has 0 bridgehead atoms. The zero-order valence-electron chi connectivity index (χ0n) is 11.3. The Morgan fingerprint density at radius 1 is 1.05 bits per heavy atom. The van der Waals surface area contributed by atoms with Gasteiger partial charge in [-0.25, -0.2) is 0 Å². The van der Waals surface area contributed by atoms with Crippen molar-refractivity contribution >= 4 is 21.7 Å². The van der Waals surface area contributed by atoms with Gasteiger partial charge in [0.05, 0.1) is 11.6 Å². The quantitative estimate of drug-likeness (QED) is 0.501. The molecule has 0 aliphatic carbocycles. The summed E-state index contributed by atoms with van der Waals surface area (Å²) in [6.45, 7) is 2.39. The van der Waals surface area contributed by atoms with Crippen LogP contribution in [-0.2, 0) is 14.3 Å². The summed E-state index contributed by atoms with van der Waals surface area (Å²) in [6, 6.07) is 6.32. The fourth-order valence-electron chi connectivity index (χ4n) is 1.76. The summed E-state index contributed by atoms with van der Waals surface area (Å²) >= 11 is 5.85. The average Bonchev–Trinajstić information content (AvgIpc) is 2.38. The van der Waals surface area contributed by atoms with Gasteiger partial charge in [0.15, 0.2) is 0 Å². The van der Waals surface area contributed by atoms with Crippen LogP contribution in [-0.4, -0.2) is 15.0 Å². The van der Waals surface area contributed by atoms with Crippen LogP contribution in [0.2, 0.25) is 5.02 Å². The van der Waals surface area contributed by atoms with E-state index < -0.39 is 10.1 Å². The predicted octanol–water partition coefficient (Wildman–Crippen LogP) is 4.41. The smallest absolute Gasteiger partial charge is 0.266 e. The van der Waals surface area contributed by atoms with E-state index in [4.69, 9.17) is 15.8 Å². The normalized spacial score (nSPS) is 11.7. The Bertz CT molecular complexity index is 471. The first-order chi connectivity index (χ1) is 9.08. The lowest BCUT2D eigenvalue weighted by Gasteiger charge is -2.07. The van der Waals surface area contributed by atoms with Crippen LogP contribution in [0.25, 0.3) is 0 Å². The molecule has 0 N–H and O–H groups in total. The van der Waals surface area contributed by atoms with Gasteiger partial charge in [0.25, 0.3) is 10.1 Å². The first-order valence-corrected chi connectivity index (χ1v) is 8.50. The molecule has 0 aliphatic rings. The van der Waals surface area contributed by atoms with Crippen molar-refractivity contribution in [3.8, 4) is 0 Å². The van der Waals surface area contributed by atoms with Crippen molar-refractivity contribution in [1.82, 2.24) is 0 Å². The molecule has 0 unspecified atom stereocenters. The summed E-state index contributed by atoms with van der Waals surface area (Å²) in [5, 5.41) is 0.199. The second kappa shape index (κ2) is 8.56. The van der Waals surface area contributed by atoms with Crippen molar-refractivity contribution in [3.05, 3.63) is 29.3 Å². The maximum absolute atomic E-state index is 11.9. The van der Waals surface area contributed by atoms with Gasteiger partial charge < -0.3 is 0 Å². The number of hydrogen-bond donors (Lipinski definition) is 0. The van der Waals surface area contributed by atoms with Crippen LogP contribution in [0.3, 0.4) is 0 Å². The van der Waals surface area contributed by atoms with Crippen molar-refractivity contribution < 1.29 is 12.6 Å². The third-order valence-electron chi connectivity index (χ3n) is 2.84. The molecule has 108 valence electrons. The van der Waals surface area contributed by atoms with Gasteiger partial charge in [0.2, 0.25) is 0 Å². The van der Waals surface area contributed by atoms with E-state index in [0.29, 0.717) is 0 Å². The fourth-order valence-corrected chi connectivity index (χ4v) is 3.20. The van der Waals surface area contributed by atoms with Crippen LogP contribution in [0.1, 0.15) is 45.4 Å². The monoisotopic (exact) mass is 304 g/mol. The second-order valence-electron chi connectivity index (χ2n) is 4.47. The highest BCUT2D eigenvalue weighted by Gasteiger charge is 2.17. The average molecular weight is 305 g/mol. The number of unbranched alkanes of at least 4 members (excludes halogenated alkanes) is 5. The molecule has 3 nitrogen and oxygen atoms in total. The van der Waals surface area contributed by atoms with Gasteiger partial charge in [-0.15, -0.1) is 0 Å². The Hall–Kier alpha value is -0.580. The number of rotatable bonds is 9. The second-order valence-corrected chi connectivity index (χ2v) is 6.47. The highest BCUT2D eigenvalue weighted by Crippen LogP contribution is 2.22. The van der Waals surface area contributed by atoms with Crippen molar-refractivity contribution in [3.63, 3.8) is 0 Å². The topological polar surface area (TPSA) is 43.4 Å². The maximum Gasteiger partial charge on any atom is 0.298 e. The summed E-state index contributed by atoms with van der Waals surface area (Å²) in [6.07, 6.45) is 6.53. The number of halogens is 1. The lowest BCUT2D eigenvalue weighted by atomic mass is 10.1. The molecule has 0 aromatic heterocycles. The SMILES string of the molecule is CCCCCCCCOS(=O)(=O)c1ccccc1Cl. The largest absolute Gasteiger partial charge is 0.298 e. The molecular formula is C14H21ClO3S. The van der Waals surface area contributed by atoms with Crippen LogP contribution < -0.4 is 0 Å². The predicted molar refractivity (Wildman–Crippen MR) is 78.0 cm³/mol. The van der Waals surface area contributed by atoms with Gasteiger partial charge in [-0.3, -0.25) is 4.18 Å². The minimum atomic E-state index is -3.72. The molecule has 0 amide bonds. The van der Waals surface area contributed by atoms with Crippen LogP contribution in [0.5, 0.6) is 0 Å². The summed E-state index contributed by atoms with van der Waals surface area (Å²) < 4.78 is 28.8. The molecule has 0 saturated carbocycles. The van der Waals surface area contributed by atoms with Gasteiger partial charge in [-0.05, 0) is 18.6 Å². The lowest BCUT2D eigenvalue weighted by molar-refractivity contribution is 0.306. The Kier molecular flexibility index (Phi) is 7.42. The molecule has 0 fully saturated rings. The summed E-state index contributed by atoms with van der Waals surface area (Å²) in [4.78, 5) is 0.0441. The summed E-state index contributed by atoms with van der Waals surface area (Å²) in [5.41, 5.74) is 0. The number of benzene rings is 1. The Labute approximate surface area is 121 Å². The van der Waals surface area contributed by atoms with Crippen LogP contribution >= 0.6 is 11.6 Å². The van der Waals surface area contributed by atoms with Gasteiger partial charge >= 0.3 is 0 Å². The fraction of sp³-hybridized carbons (Fsp3) is 0.571. The summed E-state index contributed by atoms with van der Waals surface area (Å²) in [5.74, 6) is 0. The van der Waals surface area contributed by atoms with Crippen molar-refractivity contribution in [2.75, 3.05) is 6.61 Å². The van der Waals surface area contributed by atoms with E-state index in [1.807, 2.05) is 0 Å². The zero-order valence-corrected chi connectivity index (χ0v) is 12.8. The summed E-state index contributed by atoms with van der Waals surface area (Å²) in [7, 11) is -3.72. The molecule has 0 radical (unpaired) electrons. The van der Waals surface area contributed by atoms with E-state index in [2.05, 4.69) is 6.92 Å².